The van der Waals surface area contributed by atoms with Gasteiger partial charge in [0.05, 0.1) is 11.4 Å². The Balaban J connectivity index is 1.44. The van der Waals surface area contributed by atoms with Crippen LogP contribution in [0.5, 0.6) is 5.75 Å². The second-order valence-corrected chi connectivity index (χ2v) is 8.95. The van der Waals surface area contributed by atoms with E-state index in [1.54, 1.807) is 30.3 Å². The van der Waals surface area contributed by atoms with Crippen molar-refractivity contribution < 1.29 is 19.1 Å². The number of Topliss-reactive ketones (excluding diaryl/α,β-unsaturated/α-hetero) is 1. The number of rotatable bonds is 7. The van der Waals surface area contributed by atoms with Crippen molar-refractivity contribution in [2.45, 2.75) is 6.61 Å². The molecule has 0 aromatic heterocycles. The third-order valence-electron chi connectivity index (χ3n) is 4.75. The fourth-order valence-corrected chi connectivity index (χ4v) is 4.20. The van der Waals surface area contributed by atoms with Crippen molar-refractivity contribution >= 4 is 50.7 Å². The van der Waals surface area contributed by atoms with E-state index in [0.717, 1.165) is 32.3 Å². The fraction of sp³-hybridized carbons (Fsp3) is 0.0800. The molecular weight excluding hydrogens is 490 g/mol. The van der Waals surface area contributed by atoms with Gasteiger partial charge >= 0.3 is 0 Å². The first kappa shape index (κ1) is 22.0. The Bertz CT molecular complexity index is 1190. The molecule has 3 aromatic rings. The zero-order valence-corrected chi connectivity index (χ0v) is 19.3. The minimum Gasteiger partial charge on any atom is -0.489 e. The number of carbonyl (C=O) groups is 3. The van der Waals surface area contributed by atoms with Gasteiger partial charge in [0.1, 0.15) is 12.4 Å². The Labute approximate surface area is 198 Å². The summed E-state index contributed by atoms with van der Waals surface area (Å²) in [4.78, 5) is 38.9. The van der Waals surface area contributed by atoms with E-state index >= 15 is 0 Å². The number of nitrogens with zero attached hydrogens (tertiary/aromatic N) is 1. The molecule has 0 unspecified atom stereocenters. The average molecular weight is 508 g/mol. The number of ether oxygens (including phenoxy) is 1. The molecule has 7 heteroatoms. The molecule has 5 nitrogen and oxygen atoms in total. The predicted octanol–water partition coefficient (Wildman–Crippen LogP) is 5.95. The number of imide groups is 1. The van der Waals surface area contributed by atoms with Crippen LogP contribution in [0.3, 0.4) is 0 Å². The maximum atomic E-state index is 12.8. The Kier molecular flexibility index (Phi) is 6.87. The first-order valence-corrected chi connectivity index (χ1v) is 11.4. The normalized spacial score (nSPS) is 14.8. The van der Waals surface area contributed by atoms with Crippen LogP contribution in [0.1, 0.15) is 21.5 Å². The van der Waals surface area contributed by atoms with Gasteiger partial charge in [-0.05, 0) is 53.2 Å². The van der Waals surface area contributed by atoms with E-state index in [9.17, 15) is 14.4 Å². The van der Waals surface area contributed by atoms with Gasteiger partial charge in [-0.3, -0.25) is 19.3 Å². The highest BCUT2D eigenvalue weighted by molar-refractivity contribution is 9.10. The lowest BCUT2D eigenvalue weighted by Gasteiger charge is -2.11. The molecule has 0 N–H and O–H groups in total. The standard InChI is InChI=1S/C25H18BrNO4S/c26-20-11-9-19(10-12-20)22(28)15-27-24(29)23(32-25(27)30)14-18-7-4-8-21(13-18)31-16-17-5-2-1-3-6-17/h1-14H,15-16H2/b23-14+. The molecule has 1 heterocycles. The predicted molar refractivity (Wildman–Crippen MR) is 128 cm³/mol. The van der Waals surface area contributed by atoms with E-state index in [0.29, 0.717) is 17.9 Å². The van der Waals surface area contributed by atoms with Crippen LogP contribution in [0, 0.1) is 0 Å². The van der Waals surface area contributed by atoms with Gasteiger partial charge in [-0.15, -0.1) is 0 Å². The van der Waals surface area contributed by atoms with Crippen LogP contribution in [-0.4, -0.2) is 28.4 Å². The molecule has 0 spiro atoms. The summed E-state index contributed by atoms with van der Waals surface area (Å²) in [7, 11) is 0. The lowest BCUT2D eigenvalue weighted by Crippen LogP contribution is -2.33. The van der Waals surface area contributed by atoms with Gasteiger partial charge in [-0.2, -0.15) is 0 Å². The molecule has 2 amide bonds. The summed E-state index contributed by atoms with van der Waals surface area (Å²) in [6.07, 6.45) is 1.64. The highest BCUT2D eigenvalue weighted by Crippen LogP contribution is 2.33. The maximum Gasteiger partial charge on any atom is 0.293 e. The molecule has 1 fully saturated rings. The molecule has 3 aromatic carbocycles. The van der Waals surface area contributed by atoms with Gasteiger partial charge in [0, 0.05) is 10.0 Å². The second kappa shape index (κ2) is 9.97. The number of benzene rings is 3. The largest absolute Gasteiger partial charge is 0.489 e. The molecule has 0 bridgehead atoms. The van der Waals surface area contributed by atoms with Crippen molar-refractivity contribution in [1.29, 1.82) is 0 Å². The van der Waals surface area contributed by atoms with E-state index in [4.69, 9.17) is 4.74 Å². The van der Waals surface area contributed by atoms with Crippen LogP contribution < -0.4 is 4.74 Å². The molecule has 1 saturated heterocycles. The van der Waals surface area contributed by atoms with Crippen LogP contribution in [-0.2, 0) is 11.4 Å². The Morgan fingerprint density at radius 1 is 0.969 bits per heavy atom. The number of hydrogen-bond acceptors (Lipinski definition) is 5. The lowest BCUT2D eigenvalue weighted by atomic mass is 10.1. The fourth-order valence-electron chi connectivity index (χ4n) is 3.09. The molecule has 32 heavy (non-hydrogen) atoms. The Morgan fingerprint density at radius 2 is 1.72 bits per heavy atom. The highest BCUT2D eigenvalue weighted by atomic mass is 79.9. The topological polar surface area (TPSA) is 63.7 Å². The molecule has 0 aliphatic carbocycles. The molecule has 0 radical (unpaired) electrons. The number of halogens is 1. The minimum absolute atomic E-state index is 0.277. The van der Waals surface area contributed by atoms with Crippen molar-refractivity contribution in [3.8, 4) is 5.75 Å². The number of ketones is 1. The van der Waals surface area contributed by atoms with Crippen LogP contribution in [0.4, 0.5) is 4.79 Å². The van der Waals surface area contributed by atoms with Crippen LogP contribution in [0.2, 0.25) is 0 Å². The minimum atomic E-state index is -0.471. The number of hydrogen-bond donors (Lipinski definition) is 0. The SMILES string of the molecule is O=C(CN1C(=O)S/C(=C/c2cccc(OCc3ccccc3)c2)C1=O)c1ccc(Br)cc1. The first-order valence-electron chi connectivity index (χ1n) is 9.80. The molecule has 4 rings (SSSR count). The Hall–Kier alpha value is -3.16. The van der Waals surface area contributed by atoms with Crippen molar-refractivity contribution in [2.75, 3.05) is 6.54 Å². The second-order valence-electron chi connectivity index (χ2n) is 7.04. The van der Waals surface area contributed by atoms with Gasteiger partial charge in [0.25, 0.3) is 11.1 Å². The van der Waals surface area contributed by atoms with Gasteiger partial charge in [-0.1, -0.05) is 70.5 Å². The molecule has 0 atom stereocenters. The monoisotopic (exact) mass is 507 g/mol. The third-order valence-corrected chi connectivity index (χ3v) is 6.18. The summed E-state index contributed by atoms with van der Waals surface area (Å²) in [6.45, 7) is 0.142. The quantitative estimate of drug-likeness (QED) is 0.292. The smallest absolute Gasteiger partial charge is 0.293 e. The number of carbonyl (C=O) groups excluding carboxylic acids is 3. The summed E-state index contributed by atoms with van der Waals surface area (Å²) < 4.78 is 6.68. The van der Waals surface area contributed by atoms with E-state index in [1.807, 2.05) is 54.6 Å². The molecular formula is C25H18BrNO4S. The van der Waals surface area contributed by atoms with Crippen molar-refractivity contribution in [3.05, 3.63) is 105 Å². The van der Waals surface area contributed by atoms with E-state index in [2.05, 4.69) is 15.9 Å². The Morgan fingerprint density at radius 3 is 2.47 bits per heavy atom. The molecule has 1 aliphatic heterocycles. The first-order chi connectivity index (χ1) is 15.5. The van der Waals surface area contributed by atoms with Gasteiger partial charge in [0.2, 0.25) is 0 Å². The van der Waals surface area contributed by atoms with Gasteiger partial charge in [0.15, 0.2) is 5.78 Å². The average Bonchev–Trinajstić information content (AvgIpc) is 3.06. The van der Waals surface area contributed by atoms with Crippen LogP contribution in [0.15, 0.2) is 88.2 Å². The molecule has 1 aliphatic rings. The molecule has 0 saturated carbocycles. The summed E-state index contributed by atoms with van der Waals surface area (Å²) in [5.74, 6) is -0.106. The van der Waals surface area contributed by atoms with E-state index < -0.39 is 11.1 Å². The van der Waals surface area contributed by atoms with Gasteiger partial charge < -0.3 is 4.74 Å². The van der Waals surface area contributed by atoms with Crippen molar-refractivity contribution in [2.24, 2.45) is 0 Å². The van der Waals surface area contributed by atoms with Crippen LogP contribution >= 0.6 is 27.7 Å². The summed E-state index contributed by atoms with van der Waals surface area (Å²) in [5.41, 5.74) is 2.23. The van der Waals surface area contributed by atoms with Gasteiger partial charge in [-0.25, -0.2) is 0 Å². The van der Waals surface area contributed by atoms with Crippen molar-refractivity contribution in [1.82, 2.24) is 4.90 Å². The number of thioether (sulfide) groups is 1. The van der Waals surface area contributed by atoms with E-state index in [-0.39, 0.29) is 17.2 Å². The zero-order chi connectivity index (χ0) is 22.5. The summed E-state index contributed by atoms with van der Waals surface area (Å²) >= 11 is 4.15. The zero-order valence-electron chi connectivity index (χ0n) is 16.9. The highest BCUT2D eigenvalue weighted by Gasteiger charge is 2.36. The number of amides is 2. The van der Waals surface area contributed by atoms with Crippen LogP contribution in [0.25, 0.3) is 6.08 Å². The molecule has 160 valence electrons. The third kappa shape index (κ3) is 5.36. The lowest BCUT2D eigenvalue weighted by molar-refractivity contribution is -0.122. The summed E-state index contributed by atoms with van der Waals surface area (Å²) in [5, 5.41) is -0.455. The van der Waals surface area contributed by atoms with E-state index in [1.165, 1.54) is 0 Å². The maximum absolute atomic E-state index is 12.8. The summed E-state index contributed by atoms with van der Waals surface area (Å²) in [6, 6.07) is 23.9. The van der Waals surface area contributed by atoms with Crippen molar-refractivity contribution in [3.63, 3.8) is 0 Å².